The number of amides is 2. The van der Waals surface area contributed by atoms with Crippen LogP contribution in [0.3, 0.4) is 0 Å². The highest BCUT2D eigenvalue weighted by Gasteiger charge is 2.18. The Balaban J connectivity index is 1.64. The van der Waals surface area contributed by atoms with E-state index in [0.29, 0.717) is 25.5 Å². The van der Waals surface area contributed by atoms with Gasteiger partial charge >= 0.3 is 6.03 Å². The highest BCUT2D eigenvalue weighted by atomic mass is 16.5. The van der Waals surface area contributed by atoms with Crippen molar-refractivity contribution < 1.29 is 9.53 Å². The molecular formula is C17H20N4O2. The van der Waals surface area contributed by atoms with Crippen molar-refractivity contribution in [2.24, 2.45) is 0 Å². The molecule has 2 heterocycles. The van der Waals surface area contributed by atoms with E-state index in [1.54, 1.807) is 13.2 Å². The van der Waals surface area contributed by atoms with E-state index in [2.05, 4.69) is 27.4 Å². The molecule has 0 fully saturated rings. The van der Waals surface area contributed by atoms with Gasteiger partial charge in [-0.3, -0.25) is 5.32 Å². The number of fused-ring (bicyclic) bond motifs is 1. The highest BCUT2D eigenvalue weighted by Crippen LogP contribution is 2.16. The molecule has 0 bridgehead atoms. The summed E-state index contributed by atoms with van der Waals surface area (Å²) in [5, 5.41) is 2.85. The van der Waals surface area contributed by atoms with Crippen LogP contribution < -0.4 is 5.32 Å². The van der Waals surface area contributed by atoms with E-state index in [9.17, 15) is 4.79 Å². The lowest BCUT2D eigenvalue weighted by molar-refractivity contribution is 0.181. The molecule has 0 unspecified atom stereocenters. The molecule has 23 heavy (non-hydrogen) atoms. The standard InChI is InChI=1S/C17H20N4O2/c1-23-11-15-10-16(19-12-18-15)20-17(22)21-8-6-13-4-2-3-5-14(13)7-9-21/h2-5,10,12H,6-9,11H2,1H3,(H,18,19,20,22). The van der Waals surface area contributed by atoms with Crippen molar-refractivity contribution in [3.63, 3.8) is 0 Å². The van der Waals surface area contributed by atoms with Crippen LogP contribution in [-0.2, 0) is 24.2 Å². The summed E-state index contributed by atoms with van der Waals surface area (Å²) in [7, 11) is 1.61. The predicted octanol–water partition coefficient (Wildman–Crippen LogP) is 2.26. The lowest BCUT2D eigenvalue weighted by Crippen LogP contribution is -2.37. The third kappa shape index (κ3) is 3.84. The normalized spacial score (nSPS) is 14.0. The maximum absolute atomic E-state index is 12.5. The molecule has 1 aliphatic rings. The number of urea groups is 1. The molecule has 0 spiro atoms. The van der Waals surface area contributed by atoms with Gasteiger partial charge in [-0.25, -0.2) is 14.8 Å². The summed E-state index contributed by atoms with van der Waals surface area (Å²) >= 11 is 0. The molecule has 1 aromatic carbocycles. The van der Waals surface area contributed by atoms with Crippen LogP contribution in [0.15, 0.2) is 36.7 Å². The van der Waals surface area contributed by atoms with Gasteiger partial charge < -0.3 is 9.64 Å². The Morgan fingerprint density at radius 3 is 2.57 bits per heavy atom. The summed E-state index contributed by atoms with van der Waals surface area (Å²) < 4.78 is 5.04. The van der Waals surface area contributed by atoms with Gasteiger partial charge in [-0.15, -0.1) is 0 Å². The van der Waals surface area contributed by atoms with Crippen LogP contribution in [0.25, 0.3) is 0 Å². The van der Waals surface area contributed by atoms with Gasteiger partial charge in [0.2, 0.25) is 0 Å². The monoisotopic (exact) mass is 312 g/mol. The summed E-state index contributed by atoms with van der Waals surface area (Å²) in [6, 6.07) is 9.98. The number of ether oxygens (including phenoxy) is 1. The van der Waals surface area contributed by atoms with Gasteiger partial charge in [-0.1, -0.05) is 24.3 Å². The fourth-order valence-electron chi connectivity index (χ4n) is 2.75. The van der Waals surface area contributed by atoms with Crippen LogP contribution in [0.4, 0.5) is 10.6 Å². The Labute approximate surface area is 135 Å². The molecule has 2 amide bonds. The largest absolute Gasteiger partial charge is 0.378 e. The number of methoxy groups -OCH3 is 1. The van der Waals surface area contributed by atoms with Crippen molar-refractivity contribution in [2.45, 2.75) is 19.4 Å². The van der Waals surface area contributed by atoms with E-state index >= 15 is 0 Å². The molecule has 6 heteroatoms. The number of hydrogen-bond acceptors (Lipinski definition) is 4. The lowest BCUT2D eigenvalue weighted by Gasteiger charge is -2.20. The molecule has 0 saturated carbocycles. The summed E-state index contributed by atoms with van der Waals surface area (Å²) in [5.41, 5.74) is 3.39. The first-order valence-electron chi connectivity index (χ1n) is 7.69. The predicted molar refractivity (Wildman–Crippen MR) is 87.2 cm³/mol. The van der Waals surface area contributed by atoms with Crippen LogP contribution >= 0.6 is 0 Å². The van der Waals surface area contributed by atoms with Gasteiger partial charge in [0.1, 0.15) is 12.1 Å². The summed E-state index contributed by atoms with van der Waals surface area (Å²) in [6.07, 6.45) is 3.19. The number of nitrogens with zero attached hydrogens (tertiary/aromatic N) is 3. The van der Waals surface area contributed by atoms with Crippen molar-refractivity contribution in [1.29, 1.82) is 0 Å². The fraction of sp³-hybridized carbons (Fsp3) is 0.353. The van der Waals surface area contributed by atoms with Crippen molar-refractivity contribution in [1.82, 2.24) is 14.9 Å². The SMILES string of the molecule is COCc1cc(NC(=O)N2CCc3ccccc3CC2)ncn1. The van der Waals surface area contributed by atoms with Crippen molar-refractivity contribution in [3.05, 3.63) is 53.5 Å². The van der Waals surface area contributed by atoms with E-state index in [0.717, 1.165) is 18.5 Å². The highest BCUT2D eigenvalue weighted by molar-refractivity contribution is 5.88. The van der Waals surface area contributed by atoms with Gasteiger partial charge in [0.15, 0.2) is 0 Å². The average Bonchev–Trinajstić information content (AvgIpc) is 2.78. The maximum atomic E-state index is 12.5. The van der Waals surface area contributed by atoms with Gasteiger partial charge in [-0.2, -0.15) is 0 Å². The number of carbonyl (C=O) groups is 1. The van der Waals surface area contributed by atoms with E-state index in [1.165, 1.54) is 17.5 Å². The number of benzene rings is 1. The molecule has 0 aliphatic carbocycles. The smallest absolute Gasteiger partial charge is 0.323 e. The number of nitrogens with one attached hydrogen (secondary N) is 1. The summed E-state index contributed by atoms with van der Waals surface area (Å²) in [4.78, 5) is 22.5. The Morgan fingerprint density at radius 1 is 1.22 bits per heavy atom. The minimum Gasteiger partial charge on any atom is -0.378 e. The zero-order valence-electron chi connectivity index (χ0n) is 13.2. The van der Waals surface area contributed by atoms with Crippen LogP contribution in [0.2, 0.25) is 0 Å². The molecular weight excluding hydrogens is 292 g/mol. The minimum atomic E-state index is -0.125. The number of rotatable bonds is 3. The van der Waals surface area contributed by atoms with E-state index in [1.807, 2.05) is 17.0 Å². The number of hydrogen-bond donors (Lipinski definition) is 1. The molecule has 3 rings (SSSR count). The van der Waals surface area contributed by atoms with Gasteiger partial charge in [0.05, 0.1) is 12.3 Å². The van der Waals surface area contributed by atoms with Crippen LogP contribution in [0.5, 0.6) is 0 Å². The third-order valence-corrected chi connectivity index (χ3v) is 3.96. The minimum absolute atomic E-state index is 0.125. The molecule has 0 radical (unpaired) electrons. The second-order valence-electron chi connectivity index (χ2n) is 5.51. The maximum Gasteiger partial charge on any atom is 0.323 e. The molecule has 2 aromatic rings. The Morgan fingerprint density at radius 2 is 1.91 bits per heavy atom. The molecule has 120 valence electrons. The topological polar surface area (TPSA) is 67.3 Å². The summed E-state index contributed by atoms with van der Waals surface area (Å²) in [6.45, 7) is 1.81. The van der Waals surface area contributed by atoms with E-state index in [4.69, 9.17) is 4.74 Å². The first-order chi connectivity index (χ1) is 11.3. The first-order valence-corrected chi connectivity index (χ1v) is 7.69. The zero-order valence-corrected chi connectivity index (χ0v) is 13.2. The zero-order chi connectivity index (χ0) is 16.1. The molecule has 1 N–H and O–H groups in total. The van der Waals surface area contributed by atoms with Gasteiger partial charge in [0, 0.05) is 26.3 Å². The average molecular weight is 312 g/mol. The quantitative estimate of drug-likeness (QED) is 0.944. The van der Waals surface area contributed by atoms with Crippen LogP contribution in [-0.4, -0.2) is 41.1 Å². The molecule has 0 atom stereocenters. The number of carbonyl (C=O) groups excluding carboxylic acids is 1. The van der Waals surface area contributed by atoms with Crippen LogP contribution in [0.1, 0.15) is 16.8 Å². The van der Waals surface area contributed by atoms with Crippen molar-refractivity contribution in [3.8, 4) is 0 Å². The Hall–Kier alpha value is -2.47. The molecule has 1 aromatic heterocycles. The second-order valence-corrected chi connectivity index (χ2v) is 5.51. The third-order valence-electron chi connectivity index (χ3n) is 3.96. The molecule has 6 nitrogen and oxygen atoms in total. The van der Waals surface area contributed by atoms with Crippen molar-refractivity contribution >= 4 is 11.8 Å². The van der Waals surface area contributed by atoms with Crippen LogP contribution in [0, 0.1) is 0 Å². The Kier molecular flexibility index (Phi) is 4.83. The van der Waals surface area contributed by atoms with E-state index in [-0.39, 0.29) is 6.03 Å². The van der Waals surface area contributed by atoms with Crippen molar-refractivity contribution in [2.75, 3.05) is 25.5 Å². The Bertz CT molecular complexity index is 663. The lowest BCUT2D eigenvalue weighted by atomic mass is 10.0. The fourth-order valence-corrected chi connectivity index (χ4v) is 2.75. The number of anilines is 1. The molecule has 0 saturated heterocycles. The molecule has 1 aliphatic heterocycles. The van der Waals surface area contributed by atoms with E-state index < -0.39 is 0 Å². The van der Waals surface area contributed by atoms with Gasteiger partial charge in [0.25, 0.3) is 0 Å². The summed E-state index contributed by atoms with van der Waals surface area (Å²) in [5.74, 6) is 0.499. The first kappa shape index (κ1) is 15.4. The number of aromatic nitrogens is 2. The second kappa shape index (κ2) is 7.19. The van der Waals surface area contributed by atoms with Gasteiger partial charge in [-0.05, 0) is 24.0 Å².